The van der Waals surface area contributed by atoms with Gasteiger partial charge in [0, 0.05) is 0 Å². The molecular weight excluding hydrogens is 245 g/mol. The van der Waals surface area contributed by atoms with Crippen LogP contribution in [-0.4, -0.2) is 62.4 Å². The fraction of sp³-hybridized carbons (Fsp3) is 1.00. The van der Waals surface area contributed by atoms with E-state index in [-0.39, 0.29) is 0 Å². The second-order valence-corrected chi connectivity index (χ2v) is 4.65. The summed E-state index contributed by atoms with van der Waals surface area (Å²) in [5.41, 5.74) is 5.28. The molecule has 1 heterocycles. The topological polar surface area (TPSA) is 163 Å². The van der Waals surface area contributed by atoms with E-state index >= 15 is 0 Å². The Bertz CT molecular complexity index is 282. The molecule has 5 atom stereocenters. The zero-order chi connectivity index (χ0) is 12.5. The van der Waals surface area contributed by atoms with E-state index in [1.807, 2.05) is 0 Å². The minimum atomic E-state index is -4.70. The van der Waals surface area contributed by atoms with Crippen molar-refractivity contribution in [3.63, 3.8) is 0 Å². The quantitative estimate of drug-likeness (QED) is 0.287. The number of nitrogens with two attached hydrogens (primary N) is 1. The first-order valence-electron chi connectivity index (χ1n) is 4.37. The van der Waals surface area contributed by atoms with Gasteiger partial charge in [-0.2, -0.15) is 0 Å². The molecule has 0 bridgehead atoms. The van der Waals surface area contributed by atoms with Gasteiger partial charge < -0.3 is 35.6 Å². The monoisotopic (exact) mass is 259 g/mol. The molecule has 1 aliphatic heterocycles. The van der Waals surface area contributed by atoms with Gasteiger partial charge in [0.05, 0.1) is 12.6 Å². The van der Waals surface area contributed by atoms with Crippen molar-refractivity contribution < 1.29 is 38.9 Å². The van der Waals surface area contributed by atoms with E-state index in [9.17, 15) is 19.9 Å². The molecule has 16 heavy (non-hydrogen) atoms. The van der Waals surface area contributed by atoms with Crippen LogP contribution in [0.3, 0.4) is 0 Å². The summed E-state index contributed by atoms with van der Waals surface area (Å²) in [5, 5.41) is 28.0. The van der Waals surface area contributed by atoms with Crippen LogP contribution < -0.4 is 5.73 Å². The normalized spacial score (nSPS) is 41.0. The van der Waals surface area contributed by atoms with Crippen molar-refractivity contribution >= 4 is 7.82 Å². The van der Waals surface area contributed by atoms with Crippen molar-refractivity contribution in [3.05, 3.63) is 0 Å². The predicted molar refractivity (Wildman–Crippen MR) is 48.9 cm³/mol. The van der Waals surface area contributed by atoms with Crippen LogP contribution in [0.25, 0.3) is 0 Å². The van der Waals surface area contributed by atoms with E-state index in [2.05, 4.69) is 4.52 Å². The number of hydrogen-bond donors (Lipinski definition) is 6. The number of hydrogen-bond acceptors (Lipinski definition) is 7. The third-order valence-electron chi connectivity index (χ3n) is 2.18. The standard InChI is InChI=1S/C6H14NO8P/c7-3-5(9)4(8)2(15-6(3)10)1-14-16(11,12)13/h2-6,8-10H,1,7H2,(H2,11,12,13)/t2?,3?,4-,5?,6-/m1/s1. The average molecular weight is 259 g/mol. The van der Waals surface area contributed by atoms with Crippen molar-refractivity contribution in [1.82, 2.24) is 0 Å². The minimum absolute atomic E-state index is 0.674. The maximum atomic E-state index is 10.4. The van der Waals surface area contributed by atoms with Gasteiger partial charge in [-0.05, 0) is 0 Å². The van der Waals surface area contributed by atoms with Crippen LogP contribution in [0.5, 0.6) is 0 Å². The van der Waals surface area contributed by atoms with Crippen LogP contribution in [0.2, 0.25) is 0 Å². The number of ether oxygens (including phenoxy) is 1. The van der Waals surface area contributed by atoms with Crippen molar-refractivity contribution in [2.24, 2.45) is 5.73 Å². The SMILES string of the molecule is NC1C(O)[C@H](O)C(COP(=O)(O)O)O[C@H]1O. The summed E-state index contributed by atoms with van der Waals surface area (Å²) >= 11 is 0. The average Bonchev–Trinajstić information content (AvgIpc) is 2.17. The molecule has 1 rings (SSSR count). The van der Waals surface area contributed by atoms with Gasteiger partial charge >= 0.3 is 7.82 Å². The number of aliphatic hydroxyl groups excluding tert-OH is 3. The number of phosphoric ester groups is 1. The maximum Gasteiger partial charge on any atom is 0.469 e. The van der Waals surface area contributed by atoms with Gasteiger partial charge in [-0.25, -0.2) is 4.57 Å². The van der Waals surface area contributed by atoms with Gasteiger partial charge in [-0.15, -0.1) is 0 Å². The molecule has 9 nitrogen and oxygen atoms in total. The highest BCUT2D eigenvalue weighted by Gasteiger charge is 2.42. The highest BCUT2D eigenvalue weighted by molar-refractivity contribution is 7.46. The molecule has 1 aliphatic rings. The van der Waals surface area contributed by atoms with Crippen LogP contribution >= 0.6 is 7.82 Å². The molecule has 1 fully saturated rings. The van der Waals surface area contributed by atoms with E-state index in [1.165, 1.54) is 0 Å². The van der Waals surface area contributed by atoms with Crippen molar-refractivity contribution in [3.8, 4) is 0 Å². The Kier molecular flexibility index (Phi) is 4.41. The van der Waals surface area contributed by atoms with Gasteiger partial charge in [0.1, 0.15) is 18.3 Å². The molecule has 0 aliphatic carbocycles. The van der Waals surface area contributed by atoms with Crippen LogP contribution in [-0.2, 0) is 13.8 Å². The van der Waals surface area contributed by atoms with Crippen molar-refractivity contribution in [2.75, 3.05) is 6.61 Å². The molecule has 0 spiro atoms. The van der Waals surface area contributed by atoms with Gasteiger partial charge in [0.25, 0.3) is 0 Å². The van der Waals surface area contributed by atoms with Crippen molar-refractivity contribution in [2.45, 2.75) is 30.6 Å². The molecule has 1 saturated heterocycles. The third-order valence-corrected chi connectivity index (χ3v) is 2.66. The first-order chi connectivity index (χ1) is 7.22. The van der Waals surface area contributed by atoms with E-state index in [1.54, 1.807) is 0 Å². The summed E-state index contributed by atoms with van der Waals surface area (Å²) in [6, 6.07) is -1.19. The first kappa shape index (κ1) is 14.0. The number of phosphoric acid groups is 1. The second kappa shape index (κ2) is 5.05. The molecule has 7 N–H and O–H groups in total. The lowest BCUT2D eigenvalue weighted by Crippen LogP contribution is -2.61. The van der Waals surface area contributed by atoms with Crippen molar-refractivity contribution in [1.29, 1.82) is 0 Å². The summed E-state index contributed by atoms with van der Waals surface area (Å²) in [4.78, 5) is 16.8. The molecule has 0 aromatic heterocycles. The molecule has 0 saturated carbocycles. The van der Waals surface area contributed by atoms with Gasteiger partial charge in [0.2, 0.25) is 0 Å². The molecule has 96 valence electrons. The van der Waals surface area contributed by atoms with Gasteiger partial charge in [-0.1, -0.05) is 0 Å². The first-order valence-corrected chi connectivity index (χ1v) is 5.91. The van der Waals surface area contributed by atoms with E-state index < -0.39 is 45.1 Å². The highest BCUT2D eigenvalue weighted by Crippen LogP contribution is 2.36. The molecule has 10 heteroatoms. The third kappa shape index (κ3) is 3.45. The second-order valence-electron chi connectivity index (χ2n) is 3.41. The van der Waals surface area contributed by atoms with Crippen LogP contribution in [0, 0.1) is 0 Å². The Labute approximate surface area is 90.6 Å². The molecule has 0 aromatic rings. The molecule has 3 unspecified atom stereocenters. The Balaban J connectivity index is 2.57. The van der Waals surface area contributed by atoms with E-state index in [0.29, 0.717) is 0 Å². The molecule has 0 amide bonds. The minimum Gasteiger partial charge on any atom is -0.388 e. The summed E-state index contributed by atoms with van der Waals surface area (Å²) in [5.74, 6) is 0. The fourth-order valence-corrected chi connectivity index (χ4v) is 1.62. The maximum absolute atomic E-state index is 10.4. The lowest BCUT2D eigenvalue weighted by Gasteiger charge is -2.38. The van der Waals surface area contributed by atoms with Crippen LogP contribution in [0.15, 0.2) is 0 Å². The lowest BCUT2D eigenvalue weighted by molar-refractivity contribution is -0.247. The molecule has 0 radical (unpaired) electrons. The summed E-state index contributed by atoms with van der Waals surface area (Å²) in [6.07, 6.45) is -5.76. The molecular formula is C6H14NO8P. The summed E-state index contributed by atoms with van der Waals surface area (Å²) < 4.78 is 19.2. The fourth-order valence-electron chi connectivity index (χ4n) is 1.28. The van der Waals surface area contributed by atoms with Crippen LogP contribution in [0.4, 0.5) is 0 Å². The zero-order valence-corrected chi connectivity index (χ0v) is 8.97. The van der Waals surface area contributed by atoms with Gasteiger partial charge in [0.15, 0.2) is 6.29 Å². The molecule has 0 aromatic carbocycles. The Morgan fingerprint density at radius 2 is 1.81 bits per heavy atom. The van der Waals surface area contributed by atoms with E-state index in [4.69, 9.17) is 20.3 Å². The largest absolute Gasteiger partial charge is 0.469 e. The number of aliphatic hydroxyl groups is 3. The summed E-state index contributed by atoms with van der Waals surface area (Å²) in [6.45, 7) is -0.674. The van der Waals surface area contributed by atoms with E-state index in [0.717, 1.165) is 0 Å². The Morgan fingerprint density at radius 1 is 1.25 bits per heavy atom. The van der Waals surface area contributed by atoms with Gasteiger partial charge in [-0.3, -0.25) is 4.52 Å². The zero-order valence-electron chi connectivity index (χ0n) is 8.08. The summed E-state index contributed by atoms with van der Waals surface area (Å²) in [7, 11) is -4.70. The van der Waals surface area contributed by atoms with Crippen LogP contribution in [0.1, 0.15) is 0 Å². The smallest absolute Gasteiger partial charge is 0.388 e. The Hall–Kier alpha value is -0.0900. The predicted octanol–water partition coefficient (Wildman–Crippen LogP) is -3.14. The highest BCUT2D eigenvalue weighted by atomic mass is 31.2. The number of rotatable bonds is 3. The Morgan fingerprint density at radius 3 is 2.31 bits per heavy atom. The lowest BCUT2D eigenvalue weighted by atomic mass is 9.98.